The number of hydrogen-bond acceptors (Lipinski definition) is 4. The number of aliphatic hydroxyl groups excluding tert-OH is 2. The van der Waals surface area contributed by atoms with E-state index in [4.69, 9.17) is 4.74 Å². The zero-order valence-corrected chi connectivity index (χ0v) is 10.9. The van der Waals surface area contributed by atoms with Crippen LogP contribution in [0.3, 0.4) is 0 Å². The fraction of sp³-hybridized carbons (Fsp3) is 0.571. The zero-order valence-electron chi connectivity index (χ0n) is 10.9. The average Bonchev–Trinajstić information content (AvgIpc) is 2.42. The van der Waals surface area contributed by atoms with E-state index >= 15 is 0 Å². The summed E-state index contributed by atoms with van der Waals surface area (Å²) in [6.07, 6.45) is 0.216. The molecule has 0 aliphatic carbocycles. The SMILES string of the molecule is CCOCC(O)CNC(CO)Cc1ccccc1. The molecule has 0 spiro atoms. The number of hydrogen-bond donors (Lipinski definition) is 3. The molecule has 0 fully saturated rings. The van der Waals surface area contributed by atoms with E-state index in [1.54, 1.807) is 0 Å². The highest BCUT2D eigenvalue weighted by Gasteiger charge is 2.10. The van der Waals surface area contributed by atoms with E-state index in [0.29, 0.717) is 19.8 Å². The Morgan fingerprint density at radius 1 is 1.28 bits per heavy atom. The normalized spacial score (nSPS) is 14.4. The van der Waals surface area contributed by atoms with Gasteiger partial charge in [0.2, 0.25) is 0 Å². The standard InChI is InChI=1S/C14H23NO3/c1-2-18-11-14(17)9-15-13(10-16)8-12-6-4-3-5-7-12/h3-7,13-17H,2,8-11H2,1H3. The Bertz CT molecular complexity index is 305. The summed E-state index contributed by atoms with van der Waals surface area (Å²) in [7, 11) is 0. The van der Waals surface area contributed by atoms with Crippen molar-refractivity contribution >= 4 is 0 Å². The van der Waals surface area contributed by atoms with Crippen molar-refractivity contribution in [2.24, 2.45) is 0 Å². The topological polar surface area (TPSA) is 61.7 Å². The Hall–Kier alpha value is -0.940. The van der Waals surface area contributed by atoms with Gasteiger partial charge in [-0.05, 0) is 18.9 Å². The fourth-order valence-electron chi connectivity index (χ4n) is 1.72. The van der Waals surface area contributed by atoms with Gasteiger partial charge in [-0.2, -0.15) is 0 Å². The Morgan fingerprint density at radius 3 is 2.61 bits per heavy atom. The summed E-state index contributed by atoms with van der Waals surface area (Å²) in [6, 6.07) is 9.95. The van der Waals surface area contributed by atoms with Crippen molar-refractivity contribution < 1.29 is 14.9 Å². The third kappa shape index (κ3) is 6.12. The van der Waals surface area contributed by atoms with Gasteiger partial charge in [-0.15, -0.1) is 0 Å². The van der Waals surface area contributed by atoms with E-state index in [2.05, 4.69) is 5.32 Å². The number of benzene rings is 1. The fourth-order valence-corrected chi connectivity index (χ4v) is 1.72. The summed E-state index contributed by atoms with van der Waals surface area (Å²) >= 11 is 0. The minimum atomic E-state index is -0.533. The highest BCUT2D eigenvalue weighted by Crippen LogP contribution is 2.02. The second-order valence-electron chi connectivity index (χ2n) is 4.29. The maximum Gasteiger partial charge on any atom is 0.0897 e. The monoisotopic (exact) mass is 253 g/mol. The second-order valence-corrected chi connectivity index (χ2v) is 4.29. The van der Waals surface area contributed by atoms with Crippen molar-refractivity contribution in [1.82, 2.24) is 5.32 Å². The number of nitrogens with one attached hydrogen (secondary N) is 1. The molecule has 0 aliphatic heterocycles. The van der Waals surface area contributed by atoms with Gasteiger partial charge >= 0.3 is 0 Å². The summed E-state index contributed by atoms with van der Waals surface area (Å²) in [6.45, 7) is 3.30. The highest BCUT2D eigenvalue weighted by molar-refractivity contribution is 5.15. The third-order valence-electron chi connectivity index (χ3n) is 2.70. The molecule has 18 heavy (non-hydrogen) atoms. The lowest BCUT2D eigenvalue weighted by molar-refractivity contribution is 0.0401. The molecule has 4 heteroatoms. The molecule has 4 nitrogen and oxygen atoms in total. The first-order valence-corrected chi connectivity index (χ1v) is 6.40. The molecule has 0 aromatic heterocycles. The number of ether oxygens (including phenoxy) is 1. The van der Waals surface area contributed by atoms with Crippen LogP contribution < -0.4 is 5.32 Å². The van der Waals surface area contributed by atoms with Crippen LogP contribution in [0.15, 0.2) is 30.3 Å². The minimum Gasteiger partial charge on any atom is -0.395 e. The molecule has 3 N–H and O–H groups in total. The predicted molar refractivity (Wildman–Crippen MR) is 71.5 cm³/mol. The molecule has 0 saturated heterocycles. The number of aliphatic hydroxyl groups is 2. The van der Waals surface area contributed by atoms with Crippen molar-refractivity contribution in [3.63, 3.8) is 0 Å². The summed E-state index contributed by atoms with van der Waals surface area (Å²) in [5.41, 5.74) is 1.17. The van der Waals surface area contributed by atoms with Crippen LogP contribution in [0.5, 0.6) is 0 Å². The lowest BCUT2D eigenvalue weighted by atomic mass is 10.1. The largest absolute Gasteiger partial charge is 0.395 e. The van der Waals surface area contributed by atoms with Gasteiger partial charge in [-0.25, -0.2) is 0 Å². The Kier molecular flexibility index (Phi) is 7.60. The van der Waals surface area contributed by atoms with E-state index in [1.165, 1.54) is 5.56 Å². The van der Waals surface area contributed by atoms with Crippen LogP contribution in [0.4, 0.5) is 0 Å². The van der Waals surface area contributed by atoms with Crippen LogP contribution in [0.2, 0.25) is 0 Å². The molecule has 0 amide bonds. The predicted octanol–water partition coefficient (Wildman–Crippen LogP) is 0.577. The molecular formula is C14H23NO3. The van der Waals surface area contributed by atoms with Crippen LogP contribution in [0.25, 0.3) is 0 Å². The van der Waals surface area contributed by atoms with Gasteiger partial charge in [-0.1, -0.05) is 30.3 Å². The first kappa shape index (κ1) is 15.1. The van der Waals surface area contributed by atoms with Gasteiger partial charge in [0.05, 0.1) is 19.3 Å². The molecule has 1 rings (SSSR count). The van der Waals surface area contributed by atoms with E-state index in [0.717, 1.165) is 6.42 Å². The van der Waals surface area contributed by atoms with Gasteiger partial charge in [0.25, 0.3) is 0 Å². The molecule has 0 bridgehead atoms. The van der Waals surface area contributed by atoms with E-state index < -0.39 is 6.10 Å². The van der Waals surface area contributed by atoms with Crippen LogP contribution >= 0.6 is 0 Å². The summed E-state index contributed by atoms with van der Waals surface area (Å²) in [5.74, 6) is 0. The van der Waals surface area contributed by atoms with Crippen LogP contribution in [0.1, 0.15) is 12.5 Å². The average molecular weight is 253 g/mol. The minimum absolute atomic E-state index is 0.0383. The summed E-state index contributed by atoms with van der Waals surface area (Å²) in [5, 5.41) is 22.1. The Morgan fingerprint density at radius 2 is 2.00 bits per heavy atom. The van der Waals surface area contributed by atoms with Crippen molar-refractivity contribution in [3.05, 3.63) is 35.9 Å². The quantitative estimate of drug-likeness (QED) is 0.602. The van der Waals surface area contributed by atoms with E-state index in [1.807, 2.05) is 37.3 Å². The summed E-state index contributed by atoms with van der Waals surface area (Å²) in [4.78, 5) is 0. The van der Waals surface area contributed by atoms with Crippen molar-refractivity contribution in [2.75, 3.05) is 26.4 Å². The first-order valence-electron chi connectivity index (χ1n) is 6.40. The smallest absolute Gasteiger partial charge is 0.0897 e. The molecule has 0 heterocycles. The Balaban J connectivity index is 2.29. The first-order chi connectivity index (χ1) is 8.76. The molecule has 2 unspecified atom stereocenters. The van der Waals surface area contributed by atoms with Gasteiger partial charge in [0.15, 0.2) is 0 Å². The molecule has 1 aromatic rings. The van der Waals surface area contributed by atoms with Crippen LogP contribution in [-0.2, 0) is 11.2 Å². The maximum atomic E-state index is 9.62. The second kappa shape index (κ2) is 9.05. The highest BCUT2D eigenvalue weighted by atomic mass is 16.5. The maximum absolute atomic E-state index is 9.62. The van der Waals surface area contributed by atoms with Crippen molar-refractivity contribution in [1.29, 1.82) is 0 Å². The number of rotatable bonds is 9. The molecule has 1 aromatic carbocycles. The van der Waals surface area contributed by atoms with E-state index in [-0.39, 0.29) is 12.6 Å². The van der Waals surface area contributed by atoms with Crippen LogP contribution in [0, 0.1) is 0 Å². The van der Waals surface area contributed by atoms with Gasteiger partial charge in [0.1, 0.15) is 0 Å². The van der Waals surface area contributed by atoms with E-state index in [9.17, 15) is 10.2 Å². The molecule has 102 valence electrons. The van der Waals surface area contributed by atoms with Gasteiger partial charge < -0.3 is 20.3 Å². The molecule has 2 atom stereocenters. The zero-order chi connectivity index (χ0) is 13.2. The van der Waals surface area contributed by atoms with Gasteiger partial charge in [0, 0.05) is 19.2 Å². The summed E-state index contributed by atoms with van der Waals surface area (Å²) < 4.78 is 5.13. The van der Waals surface area contributed by atoms with Crippen molar-refractivity contribution in [3.8, 4) is 0 Å². The Labute approximate surface area is 109 Å². The third-order valence-corrected chi connectivity index (χ3v) is 2.70. The van der Waals surface area contributed by atoms with Crippen LogP contribution in [-0.4, -0.2) is 48.7 Å². The lowest BCUT2D eigenvalue weighted by Gasteiger charge is -2.19. The molecule has 0 saturated carbocycles. The molecule has 0 radical (unpaired) electrons. The van der Waals surface area contributed by atoms with Crippen molar-refractivity contribution in [2.45, 2.75) is 25.5 Å². The lowest BCUT2D eigenvalue weighted by Crippen LogP contribution is -2.40. The van der Waals surface area contributed by atoms with Gasteiger partial charge in [-0.3, -0.25) is 0 Å². The molecule has 0 aliphatic rings. The molecular weight excluding hydrogens is 230 g/mol.